The van der Waals surface area contributed by atoms with E-state index in [1.54, 1.807) is 32.9 Å². The Kier molecular flexibility index (Phi) is 7.58. The number of carbonyl (C=O) groups is 1. The number of nitrogens with one attached hydrogen (secondary N) is 1. The fraction of sp³-hybridized carbons (Fsp3) is 0.696. The van der Waals surface area contributed by atoms with E-state index in [1.807, 2.05) is 19.1 Å². The van der Waals surface area contributed by atoms with Crippen molar-refractivity contribution in [2.24, 2.45) is 4.36 Å². The zero-order chi connectivity index (χ0) is 21.8. The lowest BCUT2D eigenvalue weighted by atomic mass is 9.89. The Morgan fingerprint density at radius 1 is 1.07 bits per heavy atom. The van der Waals surface area contributed by atoms with Crippen LogP contribution in [-0.4, -0.2) is 46.0 Å². The molecule has 1 amide bonds. The van der Waals surface area contributed by atoms with E-state index in [0.717, 1.165) is 37.9 Å². The zero-order valence-corrected chi connectivity index (χ0v) is 19.7. The topological polar surface area (TPSA) is 71.0 Å². The number of amides is 1. The van der Waals surface area contributed by atoms with Crippen LogP contribution in [0.4, 0.5) is 4.79 Å². The Bertz CT molecular complexity index is 832. The molecule has 1 saturated carbocycles. The van der Waals surface area contributed by atoms with Gasteiger partial charge in [-0.25, -0.2) is 13.7 Å². The third-order valence-corrected chi connectivity index (χ3v) is 7.78. The third kappa shape index (κ3) is 6.28. The number of nitrogens with zero attached hydrogens (tertiary/aromatic N) is 2. The van der Waals surface area contributed by atoms with Gasteiger partial charge in [-0.2, -0.15) is 0 Å². The maximum absolute atomic E-state index is 14.1. The average molecular weight is 436 g/mol. The zero-order valence-electron chi connectivity index (χ0n) is 18.9. The number of piperidine rings is 1. The number of likely N-dealkylation sites (tertiary alicyclic amines) is 1. The van der Waals surface area contributed by atoms with Crippen molar-refractivity contribution in [3.05, 3.63) is 29.8 Å². The van der Waals surface area contributed by atoms with Crippen LogP contribution in [-0.2, 0) is 14.7 Å². The first-order chi connectivity index (χ1) is 14.2. The fourth-order valence-corrected chi connectivity index (χ4v) is 6.13. The number of hydrogen-bond acceptors (Lipinski definition) is 4. The van der Waals surface area contributed by atoms with Gasteiger partial charge in [-0.15, -0.1) is 4.36 Å². The highest BCUT2D eigenvalue weighted by atomic mass is 32.2. The van der Waals surface area contributed by atoms with Gasteiger partial charge in [0.25, 0.3) is 0 Å². The number of carbonyl (C=O) groups excluding carboxylic acids is 1. The van der Waals surface area contributed by atoms with Crippen molar-refractivity contribution in [3.8, 4) is 0 Å². The Morgan fingerprint density at radius 2 is 1.70 bits per heavy atom. The van der Waals surface area contributed by atoms with Crippen molar-refractivity contribution in [3.63, 3.8) is 0 Å². The minimum Gasteiger partial charge on any atom is -0.442 e. The lowest BCUT2D eigenvalue weighted by Gasteiger charge is -2.42. The van der Waals surface area contributed by atoms with E-state index in [-0.39, 0.29) is 6.04 Å². The van der Waals surface area contributed by atoms with Crippen molar-refractivity contribution in [1.29, 1.82) is 0 Å². The van der Waals surface area contributed by atoms with Crippen LogP contribution in [0.25, 0.3) is 0 Å². The van der Waals surface area contributed by atoms with Crippen LogP contribution in [0.5, 0.6) is 0 Å². The molecule has 3 atom stereocenters. The minimum atomic E-state index is -3.15. The Balaban J connectivity index is 1.91. The summed E-state index contributed by atoms with van der Waals surface area (Å²) < 4.78 is 26.9. The standard InChI is InChI=1S/C23H37N3O3S/c1-18-12-14-19(15-13-18)30(28,25-22(27)29-23(2,3)4)24-20-10-6-7-11-21(20)26-16-8-5-9-17-26/h12-15,20-21H,5-11,16-17H2,1-4H3,(H,24,25,27,28)/t20-,21-,30?/m0/s1. The summed E-state index contributed by atoms with van der Waals surface area (Å²) >= 11 is 0. The van der Waals surface area contributed by atoms with Crippen LogP contribution in [0.1, 0.15) is 71.3 Å². The monoisotopic (exact) mass is 435 g/mol. The smallest absolute Gasteiger partial charge is 0.442 e. The van der Waals surface area contributed by atoms with E-state index >= 15 is 0 Å². The normalized spacial score (nSPS) is 25.3. The molecule has 1 heterocycles. The van der Waals surface area contributed by atoms with Gasteiger partial charge in [-0.05, 0) is 78.6 Å². The molecule has 2 fully saturated rings. The number of rotatable bonds is 4. The molecule has 30 heavy (non-hydrogen) atoms. The van der Waals surface area contributed by atoms with Gasteiger partial charge in [0.05, 0.1) is 4.90 Å². The summed E-state index contributed by atoms with van der Waals surface area (Å²) in [7, 11) is -3.15. The second kappa shape index (κ2) is 9.79. The van der Waals surface area contributed by atoms with Crippen molar-refractivity contribution in [2.45, 2.75) is 95.2 Å². The fourth-order valence-electron chi connectivity index (χ4n) is 4.40. The van der Waals surface area contributed by atoms with Gasteiger partial charge in [0, 0.05) is 12.1 Å². The molecule has 3 rings (SSSR count). The summed E-state index contributed by atoms with van der Waals surface area (Å²) in [6, 6.07) is 7.79. The molecular formula is C23H37N3O3S. The summed E-state index contributed by atoms with van der Waals surface area (Å²) in [5, 5.41) is 0. The quantitative estimate of drug-likeness (QED) is 0.718. The molecule has 1 aliphatic carbocycles. The molecule has 0 radical (unpaired) electrons. The third-order valence-electron chi connectivity index (χ3n) is 5.84. The van der Waals surface area contributed by atoms with Crippen molar-refractivity contribution in [2.75, 3.05) is 13.1 Å². The average Bonchev–Trinajstić information content (AvgIpc) is 2.68. The second-order valence-electron chi connectivity index (χ2n) is 9.58. The maximum atomic E-state index is 14.1. The molecule has 0 spiro atoms. The van der Waals surface area contributed by atoms with Gasteiger partial charge in [0.15, 0.2) is 0 Å². The highest BCUT2D eigenvalue weighted by Crippen LogP contribution is 2.28. The molecule has 168 valence electrons. The van der Waals surface area contributed by atoms with E-state index in [4.69, 9.17) is 4.74 Å². The molecule has 0 aromatic heterocycles. The lowest BCUT2D eigenvalue weighted by molar-refractivity contribution is 0.0607. The summed E-state index contributed by atoms with van der Waals surface area (Å²) in [4.78, 5) is 15.6. The maximum Gasteiger partial charge on any atom is 0.443 e. The van der Waals surface area contributed by atoms with Crippen molar-refractivity contribution in [1.82, 2.24) is 9.62 Å². The molecule has 1 aromatic carbocycles. The first-order valence-corrected chi connectivity index (χ1v) is 12.8. The van der Waals surface area contributed by atoms with E-state index in [9.17, 15) is 9.00 Å². The predicted octanol–water partition coefficient (Wildman–Crippen LogP) is 5.06. The van der Waals surface area contributed by atoms with Crippen LogP contribution in [0, 0.1) is 6.92 Å². The lowest BCUT2D eigenvalue weighted by Crippen LogP contribution is -2.54. The number of ether oxygens (including phenoxy) is 1. The number of benzene rings is 1. The molecule has 1 saturated heterocycles. The van der Waals surface area contributed by atoms with E-state index in [2.05, 4.69) is 14.0 Å². The predicted molar refractivity (Wildman–Crippen MR) is 121 cm³/mol. The number of hydrogen-bond donors (Lipinski definition) is 1. The van der Waals surface area contributed by atoms with Crippen LogP contribution in [0.15, 0.2) is 33.5 Å². The van der Waals surface area contributed by atoms with Crippen LogP contribution in [0.3, 0.4) is 0 Å². The largest absolute Gasteiger partial charge is 0.443 e. The summed E-state index contributed by atoms with van der Waals surface area (Å²) in [6.07, 6.45) is 7.26. The molecular weight excluding hydrogens is 398 g/mol. The molecule has 1 unspecified atom stereocenters. The molecule has 2 aliphatic rings. The molecule has 1 N–H and O–H groups in total. The van der Waals surface area contributed by atoms with Crippen molar-refractivity contribution < 1.29 is 13.7 Å². The highest BCUT2D eigenvalue weighted by molar-refractivity contribution is 7.92. The molecule has 1 aromatic rings. The van der Waals surface area contributed by atoms with Gasteiger partial charge < -0.3 is 4.74 Å². The van der Waals surface area contributed by atoms with Gasteiger partial charge in [0.2, 0.25) is 0 Å². The Hall–Kier alpha value is -1.44. The second-order valence-corrected chi connectivity index (χ2v) is 11.5. The Morgan fingerprint density at radius 3 is 2.33 bits per heavy atom. The van der Waals surface area contributed by atoms with Crippen LogP contribution >= 0.6 is 0 Å². The molecule has 7 heteroatoms. The minimum absolute atomic E-state index is 0.0387. The summed E-state index contributed by atoms with van der Waals surface area (Å²) in [6.45, 7) is 9.53. The van der Waals surface area contributed by atoms with E-state index in [1.165, 1.54) is 25.7 Å². The van der Waals surface area contributed by atoms with Gasteiger partial charge >= 0.3 is 6.09 Å². The number of aryl methyl sites for hydroxylation is 1. The van der Waals surface area contributed by atoms with Crippen LogP contribution < -0.4 is 4.72 Å². The van der Waals surface area contributed by atoms with Crippen molar-refractivity contribution >= 4 is 16.0 Å². The summed E-state index contributed by atoms with van der Waals surface area (Å²) in [5.74, 6) is 0. The first-order valence-electron chi connectivity index (χ1n) is 11.2. The molecule has 1 aliphatic heterocycles. The Labute approximate surface area is 182 Å². The summed E-state index contributed by atoms with van der Waals surface area (Å²) in [5.41, 5.74) is 0.386. The van der Waals surface area contributed by atoms with Crippen LogP contribution in [0.2, 0.25) is 0 Å². The van der Waals surface area contributed by atoms with E-state index in [0.29, 0.717) is 10.9 Å². The SMILES string of the molecule is Cc1ccc(S(=O)(=NC(=O)OC(C)(C)C)N[C@H]2CCCC[C@@H]2N2CCCCC2)cc1. The van der Waals surface area contributed by atoms with Gasteiger partial charge in [0.1, 0.15) is 15.5 Å². The molecule has 0 bridgehead atoms. The van der Waals surface area contributed by atoms with E-state index < -0.39 is 21.6 Å². The van der Waals surface area contributed by atoms with Gasteiger partial charge in [-0.3, -0.25) is 4.90 Å². The first kappa shape index (κ1) is 23.2. The van der Waals surface area contributed by atoms with Gasteiger partial charge in [-0.1, -0.05) is 37.0 Å². The highest BCUT2D eigenvalue weighted by Gasteiger charge is 2.34. The molecule has 6 nitrogen and oxygen atoms in total.